The SMILES string of the molecule is NC(=NCc1nccc(C(F)(F)F)n1)NC1CCCCC1. The highest BCUT2D eigenvalue weighted by atomic mass is 19.4. The van der Waals surface area contributed by atoms with Gasteiger partial charge >= 0.3 is 6.18 Å². The van der Waals surface area contributed by atoms with E-state index in [0.717, 1.165) is 37.9 Å². The highest BCUT2D eigenvalue weighted by Crippen LogP contribution is 2.26. The van der Waals surface area contributed by atoms with Crippen molar-refractivity contribution >= 4 is 5.96 Å². The summed E-state index contributed by atoms with van der Waals surface area (Å²) in [6.07, 6.45) is 2.21. The minimum atomic E-state index is -4.48. The molecule has 116 valence electrons. The lowest BCUT2D eigenvalue weighted by atomic mass is 9.96. The zero-order valence-corrected chi connectivity index (χ0v) is 11.5. The number of nitrogens with zero attached hydrogens (tertiary/aromatic N) is 3. The van der Waals surface area contributed by atoms with Gasteiger partial charge in [0.25, 0.3) is 0 Å². The zero-order chi connectivity index (χ0) is 15.3. The van der Waals surface area contributed by atoms with Gasteiger partial charge in [0, 0.05) is 12.2 Å². The van der Waals surface area contributed by atoms with Crippen LogP contribution in [0.15, 0.2) is 17.3 Å². The number of rotatable bonds is 3. The molecule has 0 aromatic carbocycles. The molecule has 1 fully saturated rings. The Morgan fingerprint density at radius 3 is 2.71 bits per heavy atom. The predicted octanol–water partition coefficient (Wildman–Crippen LogP) is 2.23. The molecule has 0 amide bonds. The molecule has 1 aliphatic carbocycles. The molecule has 0 bridgehead atoms. The maximum absolute atomic E-state index is 12.5. The van der Waals surface area contributed by atoms with E-state index in [2.05, 4.69) is 20.3 Å². The first-order valence-corrected chi connectivity index (χ1v) is 6.91. The van der Waals surface area contributed by atoms with Crippen LogP contribution in [0.1, 0.15) is 43.6 Å². The third-order valence-electron chi connectivity index (χ3n) is 3.34. The Bertz CT molecular complexity index is 495. The summed E-state index contributed by atoms with van der Waals surface area (Å²) in [5.74, 6) is 0.223. The van der Waals surface area contributed by atoms with E-state index in [1.54, 1.807) is 0 Å². The molecule has 5 nitrogen and oxygen atoms in total. The summed E-state index contributed by atoms with van der Waals surface area (Å²) in [5, 5.41) is 3.08. The van der Waals surface area contributed by atoms with Crippen molar-refractivity contribution in [2.45, 2.75) is 50.9 Å². The normalized spacial score (nSPS) is 17.8. The summed E-state index contributed by atoms with van der Waals surface area (Å²) < 4.78 is 37.5. The molecule has 2 rings (SSSR count). The summed E-state index contributed by atoms with van der Waals surface area (Å²) in [6, 6.07) is 1.13. The van der Waals surface area contributed by atoms with Crippen LogP contribution in [-0.4, -0.2) is 22.0 Å². The predicted molar refractivity (Wildman–Crippen MR) is 72.4 cm³/mol. The molecule has 1 aromatic rings. The lowest BCUT2D eigenvalue weighted by Crippen LogP contribution is -2.41. The highest BCUT2D eigenvalue weighted by molar-refractivity contribution is 5.78. The van der Waals surface area contributed by atoms with Crippen molar-refractivity contribution in [3.63, 3.8) is 0 Å². The Hall–Kier alpha value is -1.86. The molecule has 21 heavy (non-hydrogen) atoms. The standard InChI is InChI=1S/C13H18F3N5/c14-13(15,16)10-6-7-18-11(21-10)8-19-12(17)20-9-4-2-1-3-5-9/h6-7,9H,1-5,8H2,(H3,17,19,20). The molecule has 0 radical (unpaired) electrons. The highest BCUT2D eigenvalue weighted by Gasteiger charge is 2.32. The molecule has 3 N–H and O–H groups in total. The molecule has 1 heterocycles. The molecule has 0 saturated heterocycles. The second kappa shape index (κ2) is 6.73. The maximum Gasteiger partial charge on any atom is 0.433 e. The van der Waals surface area contributed by atoms with Crippen molar-refractivity contribution in [1.82, 2.24) is 15.3 Å². The number of aromatic nitrogens is 2. The average molecular weight is 301 g/mol. The second-order valence-electron chi connectivity index (χ2n) is 5.04. The van der Waals surface area contributed by atoms with Crippen LogP contribution in [0.2, 0.25) is 0 Å². The van der Waals surface area contributed by atoms with Gasteiger partial charge in [-0.25, -0.2) is 15.0 Å². The Balaban J connectivity index is 1.93. The number of nitrogens with one attached hydrogen (secondary N) is 1. The molecule has 0 aliphatic heterocycles. The van der Waals surface area contributed by atoms with Crippen LogP contribution < -0.4 is 11.1 Å². The minimum Gasteiger partial charge on any atom is -0.370 e. The van der Waals surface area contributed by atoms with Gasteiger partial charge in [0.2, 0.25) is 0 Å². The number of hydrogen-bond acceptors (Lipinski definition) is 3. The van der Waals surface area contributed by atoms with Crippen molar-refractivity contribution in [2.24, 2.45) is 10.7 Å². The van der Waals surface area contributed by atoms with Gasteiger partial charge in [0.15, 0.2) is 5.96 Å². The van der Waals surface area contributed by atoms with Gasteiger partial charge in [-0.05, 0) is 18.9 Å². The van der Waals surface area contributed by atoms with Crippen LogP contribution in [0.4, 0.5) is 13.2 Å². The monoisotopic (exact) mass is 301 g/mol. The van der Waals surface area contributed by atoms with Crippen LogP contribution >= 0.6 is 0 Å². The van der Waals surface area contributed by atoms with Gasteiger partial charge < -0.3 is 11.1 Å². The fourth-order valence-electron chi connectivity index (χ4n) is 2.29. The molecule has 0 spiro atoms. The van der Waals surface area contributed by atoms with Crippen molar-refractivity contribution in [3.8, 4) is 0 Å². The average Bonchev–Trinajstić information content (AvgIpc) is 2.46. The van der Waals surface area contributed by atoms with Crippen LogP contribution in [-0.2, 0) is 12.7 Å². The van der Waals surface area contributed by atoms with Gasteiger partial charge in [-0.1, -0.05) is 19.3 Å². The number of halogens is 3. The molecule has 8 heteroatoms. The molecular formula is C13H18F3N5. The first-order valence-electron chi connectivity index (χ1n) is 6.91. The largest absolute Gasteiger partial charge is 0.433 e. The van der Waals surface area contributed by atoms with Crippen LogP contribution in [0.25, 0.3) is 0 Å². The van der Waals surface area contributed by atoms with E-state index in [4.69, 9.17) is 5.73 Å². The fourth-order valence-corrected chi connectivity index (χ4v) is 2.29. The lowest BCUT2D eigenvalue weighted by Gasteiger charge is -2.23. The molecule has 1 aliphatic rings. The van der Waals surface area contributed by atoms with E-state index in [9.17, 15) is 13.2 Å². The Labute approximate surface area is 120 Å². The van der Waals surface area contributed by atoms with Crippen molar-refractivity contribution in [1.29, 1.82) is 0 Å². The number of nitrogens with two attached hydrogens (primary N) is 1. The summed E-state index contributed by atoms with van der Waals surface area (Å²) >= 11 is 0. The summed E-state index contributed by atoms with van der Waals surface area (Å²) in [5.41, 5.74) is 4.77. The van der Waals surface area contributed by atoms with E-state index in [0.29, 0.717) is 6.04 Å². The maximum atomic E-state index is 12.5. The number of aliphatic imine (C=N–C) groups is 1. The van der Waals surface area contributed by atoms with Gasteiger partial charge in [-0.2, -0.15) is 13.2 Å². The first-order chi connectivity index (χ1) is 9.95. The molecule has 1 aromatic heterocycles. The fraction of sp³-hybridized carbons (Fsp3) is 0.615. The number of hydrogen-bond donors (Lipinski definition) is 2. The van der Waals surface area contributed by atoms with Crippen LogP contribution in [0.5, 0.6) is 0 Å². The third kappa shape index (κ3) is 4.87. The first kappa shape index (κ1) is 15.5. The second-order valence-corrected chi connectivity index (χ2v) is 5.04. The van der Waals surface area contributed by atoms with Gasteiger partial charge in [0.05, 0.1) is 0 Å². The zero-order valence-electron chi connectivity index (χ0n) is 11.5. The molecule has 0 unspecified atom stereocenters. The van der Waals surface area contributed by atoms with Crippen molar-refractivity contribution in [2.75, 3.05) is 0 Å². The smallest absolute Gasteiger partial charge is 0.370 e. The van der Waals surface area contributed by atoms with E-state index < -0.39 is 11.9 Å². The number of alkyl halides is 3. The van der Waals surface area contributed by atoms with Gasteiger partial charge in [-0.15, -0.1) is 0 Å². The molecular weight excluding hydrogens is 283 g/mol. The minimum absolute atomic E-state index is 0.00165. The Kier molecular flexibility index (Phi) is 4.98. The number of guanidine groups is 1. The Morgan fingerprint density at radius 1 is 1.33 bits per heavy atom. The van der Waals surface area contributed by atoms with Crippen molar-refractivity contribution < 1.29 is 13.2 Å². The summed E-state index contributed by atoms with van der Waals surface area (Å²) in [7, 11) is 0. The topological polar surface area (TPSA) is 76.2 Å². The lowest BCUT2D eigenvalue weighted by molar-refractivity contribution is -0.141. The molecule has 1 saturated carbocycles. The van der Waals surface area contributed by atoms with E-state index in [-0.39, 0.29) is 18.3 Å². The van der Waals surface area contributed by atoms with Crippen LogP contribution in [0.3, 0.4) is 0 Å². The summed E-state index contributed by atoms with van der Waals surface area (Å²) in [6.45, 7) is -0.0739. The molecule has 0 atom stereocenters. The quantitative estimate of drug-likeness (QED) is 0.663. The van der Waals surface area contributed by atoms with Gasteiger partial charge in [-0.3, -0.25) is 0 Å². The van der Waals surface area contributed by atoms with E-state index in [1.807, 2.05) is 0 Å². The van der Waals surface area contributed by atoms with E-state index in [1.165, 1.54) is 6.42 Å². The Morgan fingerprint density at radius 2 is 2.05 bits per heavy atom. The van der Waals surface area contributed by atoms with E-state index >= 15 is 0 Å². The van der Waals surface area contributed by atoms with Gasteiger partial charge in [0.1, 0.15) is 18.1 Å². The van der Waals surface area contributed by atoms with Crippen LogP contribution in [0, 0.1) is 0 Å². The summed E-state index contributed by atoms with van der Waals surface area (Å²) in [4.78, 5) is 11.2. The van der Waals surface area contributed by atoms with Crippen molar-refractivity contribution in [3.05, 3.63) is 23.8 Å². The third-order valence-corrected chi connectivity index (χ3v) is 3.34.